The molecule has 1 aliphatic heterocycles. The summed E-state index contributed by atoms with van der Waals surface area (Å²) in [5.74, 6) is -1.31. The molecule has 0 unspecified atom stereocenters. The first-order chi connectivity index (χ1) is 36.2. The van der Waals surface area contributed by atoms with Gasteiger partial charge in [0.2, 0.25) is 5.60 Å². The Balaban J connectivity index is 1.08. The van der Waals surface area contributed by atoms with Gasteiger partial charge in [0.1, 0.15) is 24.5 Å². The van der Waals surface area contributed by atoms with E-state index in [9.17, 15) is 4.79 Å². The van der Waals surface area contributed by atoms with Gasteiger partial charge in [0.05, 0.1) is 0 Å². The summed E-state index contributed by atoms with van der Waals surface area (Å²) in [6, 6.07) is 0. The number of carbonyl (C=O) groups is 2. The number of halogens is 1. The number of alkyl halides is 1. The van der Waals surface area contributed by atoms with E-state index in [4.69, 9.17) is 31.1 Å². The van der Waals surface area contributed by atoms with Crippen LogP contribution in [-0.4, -0.2) is 36.7 Å². The van der Waals surface area contributed by atoms with Crippen molar-refractivity contribution in [1.82, 2.24) is 0 Å². The monoisotopic (exact) mass is 927 g/mol. The van der Waals surface area contributed by atoms with Gasteiger partial charge in [-0.05, 0) is 302 Å². The minimum atomic E-state index is -1.17. The Hall–Kier alpha value is -8.84. The minimum Gasteiger partial charge on any atom is -0.461 e. The van der Waals surface area contributed by atoms with Gasteiger partial charge in [-0.15, -0.1) is 11.6 Å². The predicted octanol–water partition coefficient (Wildman–Crippen LogP) is 16.0. The molecule has 2 spiro atoms. The Morgan fingerprint density at radius 1 is 0.315 bits per heavy atom. The number of esters is 2. The second kappa shape index (κ2) is 6.54. The van der Waals surface area contributed by atoms with Crippen LogP contribution in [0.4, 0.5) is 0 Å². The second-order valence-electron chi connectivity index (χ2n) is 25.2. The molecule has 5 aliphatic rings. The highest BCUT2D eigenvalue weighted by Gasteiger charge is 2.77. The summed E-state index contributed by atoms with van der Waals surface area (Å²) in [6.45, 7) is -0.200. The van der Waals surface area contributed by atoms with E-state index in [-0.39, 0.29) is 19.1 Å². The number of rotatable bonds is 5. The normalized spacial score (nSPS) is 21.8. The Labute approximate surface area is 399 Å². The number of oxime groups is 1. The van der Waals surface area contributed by atoms with Crippen molar-refractivity contribution in [3.8, 4) is 0 Å². The smallest absolute Gasteiger partial charge is 0.357 e. The summed E-state index contributed by atoms with van der Waals surface area (Å²) in [7, 11) is 0. The maximum atomic E-state index is 15.9. The summed E-state index contributed by atoms with van der Waals surface area (Å²) >= 11 is 5.87. The van der Waals surface area contributed by atoms with E-state index in [1.807, 2.05) is 0 Å². The number of ether oxygens (including phenoxy) is 2. The van der Waals surface area contributed by atoms with Gasteiger partial charge >= 0.3 is 11.9 Å². The fourth-order valence-corrected chi connectivity index (χ4v) is 24.6. The fourth-order valence-electron chi connectivity index (χ4n) is 24.5. The topological polar surface area (TPSA) is 74.2 Å². The lowest BCUT2D eigenvalue weighted by molar-refractivity contribution is -0.146. The molecule has 7 heteroatoms. The fraction of sp³-hybridized carbons (Fsp3) is 0.0758. The van der Waals surface area contributed by atoms with Crippen LogP contribution in [0.25, 0.3) is 291 Å². The third-order valence-corrected chi connectivity index (χ3v) is 25.0. The van der Waals surface area contributed by atoms with Gasteiger partial charge in [-0.2, -0.15) is 0 Å². The molecule has 0 N–H and O–H groups in total. The zero-order valence-corrected chi connectivity index (χ0v) is 37.2. The van der Waals surface area contributed by atoms with Crippen LogP contribution in [0.1, 0.15) is 22.3 Å². The Kier molecular flexibility index (Phi) is 2.53. The molecule has 28 aromatic carbocycles. The minimum absolute atomic E-state index is 0.0885. The largest absolute Gasteiger partial charge is 0.461 e. The molecule has 0 bridgehead atoms. The van der Waals surface area contributed by atoms with Gasteiger partial charge in [0, 0.05) is 11.1 Å². The lowest BCUT2D eigenvalue weighted by Crippen LogP contribution is -2.55. The molecule has 73 heavy (non-hydrogen) atoms. The lowest BCUT2D eigenvalue weighted by atomic mass is 9.53. The van der Waals surface area contributed by atoms with Crippen molar-refractivity contribution in [2.75, 3.05) is 19.1 Å². The SMILES string of the molecule is O=C(CCl)OCCOC(=O)C1=NOC23c4c5c6c7c8c9c(c%10c%11c2c2c4c4c%12c5c5c6c6c8c8c%13c9c9c%10c%10c%11c%11c2c2c4c4c%12c%12c5c5c6c8c6c8c%13c9c9c%10c%10c%11c2c2c4c4c%12c5c6c5c8c9c%10c2c45)C173. The van der Waals surface area contributed by atoms with Crippen molar-refractivity contribution in [2.24, 2.45) is 5.16 Å². The highest BCUT2D eigenvalue weighted by atomic mass is 35.5. The molecular weight excluding hydrogens is 922 g/mol. The Bertz CT molecular complexity index is 7220. The van der Waals surface area contributed by atoms with Crippen LogP contribution >= 0.6 is 11.6 Å². The zero-order chi connectivity index (χ0) is 44.2. The number of carbonyl (C=O) groups excluding carboxylic acids is 2. The Morgan fingerprint density at radius 2 is 0.521 bits per heavy atom. The van der Waals surface area contributed by atoms with E-state index in [0.29, 0.717) is 5.71 Å². The molecule has 0 saturated heterocycles. The molecule has 0 amide bonds. The van der Waals surface area contributed by atoms with Crippen LogP contribution < -0.4 is 0 Å². The Morgan fingerprint density at radius 3 is 0.753 bits per heavy atom. The van der Waals surface area contributed by atoms with E-state index in [1.54, 1.807) is 64.6 Å². The zero-order valence-electron chi connectivity index (χ0n) is 36.5. The number of benzene rings is 18. The summed E-state index contributed by atoms with van der Waals surface area (Å²) in [5.41, 5.74) is 3.01. The van der Waals surface area contributed by atoms with Crippen molar-refractivity contribution in [3.63, 3.8) is 0 Å². The van der Waals surface area contributed by atoms with E-state index >= 15 is 4.79 Å². The molecule has 4 aliphatic carbocycles. The molecule has 0 saturated carbocycles. The van der Waals surface area contributed by atoms with E-state index in [1.165, 1.54) is 248 Å². The molecule has 0 atom stereocenters. The van der Waals surface area contributed by atoms with Crippen LogP contribution in [0.2, 0.25) is 0 Å². The average Bonchev–Trinajstić information content (AvgIpc) is 3.68. The van der Waals surface area contributed by atoms with Crippen molar-refractivity contribution < 1.29 is 23.9 Å². The van der Waals surface area contributed by atoms with Crippen molar-refractivity contribution >= 4 is 320 Å². The van der Waals surface area contributed by atoms with Gasteiger partial charge < -0.3 is 14.3 Å². The maximum Gasteiger partial charge on any atom is 0.357 e. The van der Waals surface area contributed by atoms with Crippen LogP contribution in [0.5, 0.6) is 0 Å². The molecule has 6 nitrogen and oxygen atoms in total. The summed E-state index contributed by atoms with van der Waals surface area (Å²) in [5, 5.41) is 85.1. The number of hydrogen-bond acceptors (Lipinski definition) is 6. The third kappa shape index (κ3) is 1.56. The number of hydrogen-bond donors (Lipinski definition) is 0. The quantitative estimate of drug-likeness (QED) is 0.0744. The van der Waals surface area contributed by atoms with Crippen LogP contribution in [-0.2, 0) is 34.9 Å². The molecule has 1 heterocycles. The van der Waals surface area contributed by atoms with Crippen LogP contribution in [0.15, 0.2) is 5.16 Å². The summed E-state index contributed by atoms with van der Waals surface area (Å²) in [6.07, 6.45) is 0. The third-order valence-electron chi connectivity index (χ3n) is 24.7. The first-order valence-electron chi connectivity index (χ1n) is 26.1. The first kappa shape index (κ1) is 28.3. The first-order valence-corrected chi connectivity index (χ1v) is 26.7. The molecule has 0 radical (unpaired) electrons. The van der Waals surface area contributed by atoms with Gasteiger partial charge in [0.15, 0.2) is 5.71 Å². The standard InChI is InChI=1S/C66H6ClNO5/c67-3-4(69)71-1-2-72-64(70)63-65-59-51-43-33-23-15-7-5-6-9-13-11(7)19-27-21(13)31-25-17(9)18-10(6)14-12-8(5)16(15)24-30-20(12)28-22(14)32-26(18)36-35(25)47-41(31)49-39(27)45(37(43)29(19)23)53(59)55(49)61-57(47)58-48(36)42(32)50-40(28)46-38(30)44(34(24)33)52(51)60(65)54(46)56(50)62(58)66(61,65)73-68-63/h1-3H2. The maximum absolute atomic E-state index is 15.9. The van der Waals surface area contributed by atoms with E-state index in [0.717, 1.165) is 0 Å². The molecule has 33 rings (SSSR count). The average molecular weight is 928 g/mol. The van der Waals surface area contributed by atoms with Gasteiger partial charge in [0.25, 0.3) is 0 Å². The molecule has 0 aromatic heterocycles. The summed E-state index contributed by atoms with van der Waals surface area (Å²) < 4.78 is 11.8. The predicted molar refractivity (Wildman–Crippen MR) is 295 cm³/mol. The molecular formula is C66H6ClNO5. The van der Waals surface area contributed by atoms with Gasteiger partial charge in [-0.1, -0.05) is 5.16 Å². The van der Waals surface area contributed by atoms with Crippen molar-refractivity contribution in [2.45, 2.75) is 11.0 Å². The second-order valence-corrected chi connectivity index (χ2v) is 25.5. The highest BCUT2D eigenvalue weighted by Crippen LogP contribution is 2.85. The summed E-state index contributed by atoms with van der Waals surface area (Å²) in [4.78, 5) is 36.0. The molecule has 28 aromatic rings. The van der Waals surface area contributed by atoms with Crippen molar-refractivity contribution in [1.29, 1.82) is 0 Å². The highest BCUT2D eigenvalue weighted by molar-refractivity contribution is 6.82. The van der Waals surface area contributed by atoms with Gasteiger partial charge in [-0.25, -0.2) is 4.79 Å². The van der Waals surface area contributed by atoms with E-state index in [2.05, 4.69) is 0 Å². The van der Waals surface area contributed by atoms with E-state index < -0.39 is 23.0 Å². The van der Waals surface area contributed by atoms with Crippen LogP contribution in [0, 0.1) is 0 Å². The molecule has 312 valence electrons. The van der Waals surface area contributed by atoms with Crippen molar-refractivity contribution in [3.05, 3.63) is 22.3 Å². The molecule has 0 fully saturated rings. The van der Waals surface area contributed by atoms with Gasteiger partial charge in [-0.3, -0.25) is 4.79 Å². The lowest BCUT2D eigenvalue weighted by Gasteiger charge is -2.47. The number of nitrogens with zero attached hydrogens (tertiary/aromatic N) is 1. The van der Waals surface area contributed by atoms with Crippen LogP contribution in [0.3, 0.4) is 0 Å².